The molecule has 4 rings (SSSR count). The molecule has 0 aliphatic carbocycles. The van der Waals surface area contributed by atoms with Crippen molar-refractivity contribution in [2.24, 2.45) is 0 Å². The fourth-order valence-corrected chi connectivity index (χ4v) is 3.67. The first kappa shape index (κ1) is 17.4. The summed E-state index contributed by atoms with van der Waals surface area (Å²) in [6, 6.07) is 18.8. The number of hydrogen-bond acceptors (Lipinski definition) is 4. The Hall–Kier alpha value is -2.99. The number of rotatable bonds is 5. The van der Waals surface area contributed by atoms with Gasteiger partial charge in [0.15, 0.2) is 11.0 Å². The standard InChI is InChI=1S/C21H17FN4S/c1-15-6-8-18(9-7-15)26-20(16-10-12-23-13-11-16)24-25-21(26)27-14-17-4-2-3-5-19(17)22/h2-13H,14H2,1H3. The van der Waals surface area contributed by atoms with Crippen LogP contribution in [0.15, 0.2) is 78.2 Å². The molecule has 0 atom stereocenters. The van der Waals surface area contributed by atoms with Crippen LogP contribution in [0.2, 0.25) is 0 Å². The fourth-order valence-electron chi connectivity index (χ4n) is 2.74. The van der Waals surface area contributed by atoms with E-state index < -0.39 is 0 Å². The lowest BCUT2D eigenvalue weighted by molar-refractivity contribution is 0.617. The molecule has 0 N–H and O–H groups in total. The van der Waals surface area contributed by atoms with Crippen LogP contribution < -0.4 is 0 Å². The van der Waals surface area contributed by atoms with Crippen LogP contribution in [0.4, 0.5) is 4.39 Å². The van der Waals surface area contributed by atoms with Crippen molar-refractivity contribution in [1.29, 1.82) is 0 Å². The largest absolute Gasteiger partial charge is 0.270 e. The molecule has 0 spiro atoms. The number of aromatic nitrogens is 4. The van der Waals surface area contributed by atoms with Crippen molar-refractivity contribution >= 4 is 11.8 Å². The molecule has 6 heteroatoms. The van der Waals surface area contributed by atoms with Crippen molar-refractivity contribution in [2.45, 2.75) is 17.8 Å². The summed E-state index contributed by atoms with van der Waals surface area (Å²) in [5.41, 5.74) is 3.72. The smallest absolute Gasteiger partial charge is 0.196 e. The van der Waals surface area contributed by atoms with Crippen LogP contribution >= 0.6 is 11.8 Å². The molecule has 2 aromatic carbocycles. The zero-order valence-electron chi connectivity index (χ0n) is 14.7. The van der Waals surface area contributed by atoms with Gasteiger partial charge in [-0.15, -0.1) is 10.2 Å². The van der Waals surface area contributed by atoms with Crippen molar-refractivity contribution in [1.82, 2.24) is 19.7 Å². The summed E-state index contributed by atoms with van der Waals surface area (Å²) in [5, 5.41) is 9.48. The molecular weight excluding hydrogens is 359 g/mol. The summed E-state index contributed by atoms with van der Waals surface area (Å²) in [5.74, 6) is 1.01. The van der Waals surface area contributed by atoms with Gasteiger partial charge in [-0.3, -0.25) is 9.55 Å². The summed E-state index contributed by atoms with van der Waals surface area (Å²) in [6.07, 6.45) is 3.46. The van der Waals surface area contributed by atoms with Crippen molar-refractivity contribution < 1.29 is 4.39 Å². The van der Waals surface area contributed by atoms with Gasteiger partial charge in [0.1, 0.15) is 5.82 Å². The molecule has 0 aliphatic rings. The minimum absolute atomic E-state index is 0.208. The highest BCUT2D eigenvalue weighted by Crippen LogP contribution is 2.30. The Morgan fingerprint density at radius 2 is 1.67 bits per heavy atom. The normalized spacial score (nSPS) is 10.9. The molecule has 0 bridgehead atoms. The molecule has 0 saturated carbocycles. The molecule has 0 fully saturated rings. The Kier molecular flexibility index (Phi) is 4.98. The maximum Gasteiger partial charge on any atom is 0.196 e. The Morgan fingerprint density at radius 1 is 0.926 bits per heavy atom. The Balaban J connectivity index is 1.74. The third kappa shape index (κ3) is 3.75. The minimum atomic E-state index is -0.208. The maximum atomic E-state index is 14.0. The fraction of sp³-hybridized carbons (Fsp3) is 0.0952. The molecule has 27 heavy (non-hydrogen) atoms. The zero-order chi connectivity index (χ0) is 18.6. The molecule has 0 aliphatic heterocycles. The number of aryl methyl sites for hydroxylation is 1. The lowest BCUT2D eigenvalue weighted by Crippen LogP contribution is -2.00. The third-order valence-corrected chi connectivity index (χ3v) is 5.16. The van der Waals surface area contributed by atoms with Crippen LogP contribution in [0.1, 0.15) is 11.1 Å². The van der Waals surface area contributed by atoms with E-state index in [1.807, 2.05) is 41.8 Å². The number of hydrogen-bond donors (Lipinski definition) is 0. The molecule has 4 nitrogen and oxygen atoms in total. The van der Waals surface area contributed by atoms with Gasteiger partial charge in [-0.1, -0.05) is 47.7 Å². The van der Waals surface area contributed by atoms with E-state index in [1.165, 1.54) is 23.4 Å². The van der Waals surface area contributed by atoms with E-state index in [0.717, 1.165) is 17.1 Å². The highest BCUT2D eigenvalue weighted by atomic mass is 32.2. The van der Waals surface area contributed by atoms with Gasteiger partial charge >= 0.3 is 0 Å². The van der Waals surface area contributed by atoms with Gasteiger partial charge in [0.25, 0.3) is 0 Å². The summed E-state index contributed by atoms with van der Waals surface area (Å²) in [7, 11) is 0. The lowest BCUT2D eigenvalue weighted by Gasteiger charge is -2.11. The van der Waals surface area contributed by atoms with E-state index in [-0.39, 0.29) is 5.82 Å². The Morgan fingerprint density at radius 3 is 2.41 bits per heavy atom. The maximum absolute atomic E-state index is 14.0. The van der Waals surface area contributed by atoms with E-state index in [9.17, 15) is 4.39 Å². The van der Waals surface area contributed by atoms with Gasteiger partial charge in [0.05, 0.1) is 0 Å². The number of benzene rings is 2. The molecule has 0 saturated heterocycles. The van der Waals surface area contributed by atoms with E-state index in [4.69, 9.17) is 0 Å². The summed E-state index contributed by atoms with van der Waals surface area (Å²) in [6.45, 7) is 2.05. The Bertz CT molecular complexity index is 1050. The first-order chi connectivity index (χ1) is 13.2. The van der Waals surface area contributed by atoms with Crippen molar-refractivity contribution in [2.75, 3.05) is 0 Å². The van der Waals surface area contributed by atoms with Gasteiger partial charge in [-0.25, -0.2) is 4.39 Å². The number of thioether (sulfide) groups is 1. The van der Waals surface area contributed by atoms with E-state index in [2.05, 4.69) is 27.3 Å². The van der Waals surface area contributed by atoms with Crippen LogP contribution in [-0.2, 0) is 5.75 Å². The number of nitrogens with zero attached hydrogens (tertiary/aromatic N) is 4. The third-order valence-electron chi connectivity index (χ3n) is 4.18. The molecule has 2 aromatic heterocycles. The summed E-state index contributed by atoms with van der Waals surface area (Å²) in [4.78, 5) is 4.07. The molecule has 0 radical (unpaired) electrons. The van der Waals surface area contributed by atoms with Crippen molar-refractivity contribution in [3.63, 3.8) is 0 Å². The molecule has 2 heterocycles. The highest BCUT2D eigenvalue weighted by Gasteiger charge is 2.16. The number of halogens is 1. The first-order valence-electron chi connectivity index (χ1n) is 8.51. The highest BCUT2D eigenvalue weighted by molar-refractivity contribution is 7.98. The van der Waals surface area contributed by atoms with Crippen LogP contribution in [0.25, 0.3) is 17.1 Å². The lowest BCUT2D eigenvalue weighted by atomic mass is 10.2. The second-order valence-electron chi connectivity index (χ2n) is 6.09. The van der Waals surface area contributed by atoms with E-state index in [0.29, 0.717) is 16.5 Å². The van der Waals surface area contributed by atoms with Gasteiger partial charge in [0.2, 0.25) is 0 Å². The van der Waals surface area contributed by atoms with E-state index in [1.54, 1.807) is 24.5 Å². The van der Waals surface area contributed by atoms with Gasteiger partial charge in [-0.2, -0.15) is 0 Å². The van der Waals surface area contributed by atoms with Crippen molar-refractivity contribution in [3.05, 3.63) is 90.0 Å². The van der Waals surface area contributed by atoms with Crippen molar-refractivity contribution in [3.8, 4) is 17.1 Å². The minimum Gasteiger partial charge on any atom is -0.270 e. The SMILES string of the molecule is Cc1ccc(-n2c(SCc3ccccc3F)nnc2-c2ccncc2)cc1. The van der Waals surface area contributed by atoms with Gasteiger partial charge < -0.3 is 0 Å². The second-order valence-corrected chi connectivity index (χ2v) is 7.04. The molecule has 0 unspecified atom stereocenters. The molecule has 0 amide bonds. The average Bonchev–Trinajstić information content (AvgIpc) is 3.12. The zero-order valence-corrected chi connectivity index (χ0v) is 15.5. The van der Waals surface area contributed by atoms with Gasteiger partial charge in [-0.05, 0) is 42.8 Å². The predicted molar refractivity (Wildman–Crippen MR) is 105 cm³/mol. The number of pyridine rings is 1. The predicted octanol–water partition coefficient (Wildman–Crippen LogP) is 5.07. The average molecular weight is 376 g/mol. The van der Waals surface area contributed by atoms with Crippen LogP contribution in [0, 0.1) is 12.7 Å². The van der Waals surface area contributed by atoms with Crippen LogP contribution in [0.5, 0.6) is 0 Å². The van der Waals surface area contributed by atoms with E-state index >= 15 is 0 Å². The molecule has 4 aromatic rings. The van der Waals surface area contributed by atoms with Crippen LogP contribution in [0.3, 0.4) is 0 Å². The second kappa shape index (κ2) is 7.72. The quantitative estimate of drug-likeness (QED) is 0.456. The summed E-state index contributed by atoms with van der Waals surface area (Å²) < 4.78 is 16.0. The topological polar surface area (TPSA) is 43.6 Å². The summed E-state index contributed by atoms with van der Waals surface area (Å²) >= 11 is 1.46. The first-order valence-corrected chi connectivity index (χ1v) is 9.50. The Labute approximate surface area is 161 Å². The molecule has 134 valence electrons. The monoisotopic (exact) mass is 376 g/mol. The van der Waals surface area contributed by atoms with Gasteiger partial charge in [0, 0.05) is 29.4 Å². The van der Waals surface area contributed by atoms with Crippen LogP contribution in [-0.4, -0.2) is 19.7 Å². The molecular formula is C21H17FN4S.